The summed E-state index contributed by atoms with van der Waals surface area (Å²) in [4.78, 5) is 5.11. The van der Waals surface area contributed by atoms with Crippen molar-refractivity contribution in [3.63, 3.8) is 0 Å². The van der Waals surface area contributed by atoms with E-state index in [0.29, 0.717) is 0 Å². The fraction of sp³-hybridized carbons (Fsp3) is 0. The molecule has 2 nitrogen and oxygen atoms in total. The third kappa shape index (κ3) is 0.839. The van der Waals surface area contributed by atoms with Gasteiger partial charge in [0.1, 0.15) is 9.43 Å². The molecule has 4 heteroatoms. The van der Waals surface area contributed by atoms with Crippen LogP contribution in [-0.4, -0.2) is 9.36 Å². The summed E-state index contributed by atoms with van der Waals surface area (Å²) in [6, 6.07) is 3.90. The molecule has 0 unspecified atom stereocenters. The Morgan fingerprint density at radius 3 is 3.20 bits per heavy atom. The number of aromatic nitrogens is 2. The molecule has 0 bridgehead atoms. The second kappa shape index (κ2) is 2.29. The number of fused-ring (bicyclic) bond motifs is 1. The normalized spacial score (nSPS) is 10.5. The van der Waals surface area contributed by atoms with Crippen molar-refractivity contribution in [1.82, 2.24) is 9.36 Å². The molecule has 0 spiro atoms. The van der Waals surface area contributed by atoms with E-state index in [1.165, 1.54) is 11.5 Å². The zero-order chi connectivity index (χ0) is 6.97. The third-order valence-electron chi connectivity index (χ3n) is 1.21. The lowest BCUT2D eigenvalue weighted by molar-refractivity contribution is 1.44. The van der Waals surface area contributed by atoms with Crippen LogP contribution in [0, 0.1) is 0 Å². The van der Waals surface area contributed by atoms with Gasteiger partial charge in [0.25, 0.3) is 0 Å². The Hall–Kier alpha value is -0.480. The average molecular weight is 215 g/mol. The molecule has 0 aliphatic carbocycles. The zero-order valence-electron chi connectivity index (χ0n) is 4.91. The van der Waals surface area contributed by atoms with Crippen molar-refractivity contribution in [2.45, 2.75) is 0 Å². The van der Waals surface area contributed by atoms with Gasteiger partial charge in [0.15, 0.2) is 0 Å². The van der Waals surface area contributed by atoms with E-state index in [9.17, 15) is 0 Å². The first-order valence-electron chi connectivity index (χ1n) is 2.74. The van der Waals surface area contributed by atoms with Gasteiger partial charge in [0.2, 0.25) is 0 Å². The van der Waals surface area contributed by atoms with E-state index in [0.717, 1.165) is 14.8 Å². The highest BCUT2D eigenvalue weighted by atomic mass is 79.9. The lowest BCUT2D eigenvalue weighted by Gasteiger charge is -1.82. The van der Waals surface area contributed by atoms with Crippen LogP contribution in [0.25, 0.3) is 10.2 Å². The molecule has 10 heavy (non-hydrogen) atoms. The monoisotopic (exact) mass is 214 g/mol. The van der Waals surface area contributed by atoms with Gasteiger partial charge >= 0.3 is 0 Å². The van der Waals surface area contributed by atoms with E-state index in [-0.39, 0.29) is 0 Å². The van der Waals surface area contributed by atoms with Gasteiger partial charge in [-0.15, -0.1) is 0 Å². The van der Waals surface area contributed by atoms with Crippen LogP contribution in [0.1, 0.15) is 0 Å². The largest absolute Gasteiger partial charge is 0.244 e. The van der Waals surface area contributed by atoms with Crippen LogP contribution in [0.2, 0.25) is 0 Å². The van der Waals surface area contributed by atoms with Gasteiger partial charge in [-0.05, 0) is 39.6 Å². The van der Waals surface area contributed by atoms with Gasteiger partial charge in [-0.25, -0.2) is 4.98 Å². The van der Waals surface area contributed by atoms with Crippen molar-refractivity contribution in [2.24, 2.45) is 0 Å². The maximum absolute atomic E-state index is 4.13. The van der Waals surface area contributed by atoms with Crippen molar-refractivity contribution < 1.29 is 0 Å². The van der Waals surface area contributed by atoms with Crippen LogP contribution in [0.3, 0.4) is 0 Å². The van der Waals surface area contributed by atoms with Crippen LogP contribution >= 0.6 is 27.5 Å². The standard InChI is InChI=1S/C6H3BrN2S/c7-5-4-2-1-3-8-6(4)10-9-5/h1-3H. The van der Waals surface area contributed by atoms with Crippen LogP contribution in [0.5, 0.6) is 0 Å². The number of pyridine rings is 1. The van der Waals surface area contributed by atoms with E-state index in [1.807, 2.05) is 12.1 Å². The second-order valence-electron chi connectivity index (χ2n) is 1.83. The number of halogens is 1. The Morgan fingerprint density at radius 2 is 2.40 bits per heavy atom. The fourth-order valence-corrected chi connectivity index (χ4v) is 2.06. The molecular weight excluding hydrogens is 212 g/mol. The Labute approximate surface area is 70.2 Å². The molecule has 0 fully saturated rings. The zero-order valence-corrected chi connectivity index (χ0v) is 7.32. The van der Waals surface area contributed by atoms with Gasteiger partial charge in [0.05, 0.1) is 0 Å². The first kappa shape index (κ1) is 6.24. The van der Waals surface area contributed by atoms with E-state index >= 15 is 0 Å². The summed E-state index contributed by atoms with van der Waals surface area (Å²) in [5, 5.41) is 1.09. The van der Waals surface area contributed by atoms with E-state index in [1.54, 1.807) is 6.20 Å². The molecule has 2 rings (SSSR count). The fourth-order valence-electron chi connectivity index (χ4n) is 0.753. The molecule has 50 valence electrons. The van der Waals surface area contributed by atoms with Gasteiger partial charge in [-0.1, -0.05) is 0 Å². The minimum absolute atomic E-state index is 0.889. The molecule has 2 aromatic heterocycles. The molecule has 2 heterocycles. The third-order valence-corrected chi connectivity index (χ3v) is 2.82. The Morgan fingerprint density at radius 1 is 1.50 bits per heavy atom. The van der Waals surface area contributed by atoms with Crippen molar-refractivity contribution in [3.05, 3.63) is 22.9 Å². The molecule has 0 N–H and O–H groups in total. The lowest BCUT2D eigenvalue weighted by atomic mass is 10.4. The first-order valence-corrected chi connectivity index (χ1v) is 4.30. The average Bonchev–Trinajstić information content (AvgIpc) is 2.34. The summed E-state index contributed by atoms with van der Waals surface area (Å²) in [6.45, 7) is 0. The summed E-state index contributed by atoms with van der Waals surface area (Å²) in [5.74, 6) is 0. The molecule has 0 aromatic carbocycles. The Kier molecular flexibility index (Phi) is 1.43. The molecule has 0 aliphatic heterocycles. The SMILES string of the molecule is Brc1nsc2ncccc12. The van der Waals surface area contributed by atoms with Crippen LogP contribution in [-0.2, 0) is 0 Å². The Balaban J connectivity index is 2.93. The smallest absolute Gasteiger partial charge is 0.144 e. The predicted octanol–water partition coefficient (Wildman–Crippen LogP) is 2.45. The van der Waals surface area contributed by atoms with Crippen LogP contribution in [0.4, 0.5) is 0 Å². The molecule has 0 atom stereocenters. The maximum atomic E-state index is 4.13. The van der Waals surface area contributed by atoms with Gasteiger partial charge in [-0.3, -0.25) is 0 Å². The van der Waals surface area contributed by atoms with E-state index in [4.69, 9.17) is 0 Å². The summed E-state index contributed by atoms with van der Waals surface area (Å²) in [7, 11) is 0. The maximum Gasteiger partial charge on any atom is 0.144 e. The van der Waals surface area contributed by atoms with Crippen molar-refractivity contribution in [3.8, 4) is 0 Å². The van der Waals surface area contributed by atoms with Crippen molar-refractivity contribution in [2.75, 3.05) is 0 Å². The molecule has 0 amide bonds. The molecule has 0 saturated carbocycles. The predicted molar refractivity (Wildman–Crippen MR) is 45.1 cm³/mol. The number of rotatable bonds is 0. The van der Waals surface area contributed by atoms with Gasteiger partial charge in [0, 0.05) is 11.6 Å². The minimum atomic E-state index is 0.889. The highest BCUT2D eigenvalue weighted by Gasteiger charge is 2.00. The van der Waals surface area contributed by atoms with E-state index in [2.05, 4.69) is 25.3 Å². The first-order chi connectivity index (χ1) is 4.88. The quantitative estimate of drug-likeness (QED) is 0.674. The topological polar surface area (TPSA) is 25.8 Å². The molecule has 0 radical (unpaired) electrons. The van der Waals surface area contributed by atoms with Gasteiger partial charge in [-0.2, -0.15) is 4.37 Å². The summed E-state index contributed by atoms with van der Waals surface area (Å²) in [6.07, 6.45) is 1.77. The van der Waals surface area contributed by atoms with Crippen LogP contribution in [0.15, 0.2) is 22.9 Å². The number of nitrogens with zero attached hydrogens (tertiary/aromatic N) is 2. The molecule has 2 aromatic rings. The van der Waals surface area contributed by atoms with Crippen molar-refractivity contribution in [1.29, 1.82) is 0 Å². The number of hydrogen-bond acceptors (Lipinski definition) is 3. The van der Waals surface area contributed by atoms with Gasteiger partial charge < -0.3 is 0 Å². The van der Waals surface area contributed by atoms with Crippen LogP contribution < -0.4 is 0 Å². The van der Waals surface area contributed by atoms with Crippen molar-refractivity contribution >= 4 is 37.7 Å². The highest BCUT2D eigenvalue weighted by molar-refractivity contribution is 9.10. The Bertz CT molecular complexity index is 357. The minimum Gasteiger partial charge on any atom is -0.244 e. The number of hydrogen-bond donors (Lipinski definition) is 0. The summed E-state index contributed by atoms with van der Waals surface area (Å²) < 4.78 is 4.98. The second-order valence-corrected chi connectivity index (χ2v) is 3.33. The lowest BCUT2D eigenvalue weighted by Crippen LogP contribution is -1.67. The summed E-state index contributed by atoms with van der Waals surface area (Å²) in [5.41, 5.74) is 0. The molecule has 0 saturated heterocycles. The highest BCUT2D eigenvalue weighted by Crippen LogP contribution is 2.23. The van der Waals surface area contributed by atoms with E-state index < -0.39 is 0 Å². The molecule has 0 aliphatic rings. The summed E-state index contributed by atoms with van der Waals surface area (Å²) >= 11 is 4.73. The molecular formula is C6H3BrN2S.